The number of carbonyl (C=O) groups excluding carboxylic acids is 1. The van der Waals surface area contributed by atoms with Gasteiger partial charge in [-0.2, -0.15) is 0 Å². The third-order valence-corrected chi connectivity index (χ3v) is 3.90. The predicted molar refractivity (Wildman–Crippen MR) is 76.6 cm³/mol. The zero-order valence-electron chi connectivity index (χ0n) is 10.7. The molecule has 98 valence electrons. The van der Waals surface area contributed by atoms with Crippen molar-refractivity contribution in [3.63, 3.8) is 0 Å². The number of hydrogen-bond acceptors (Lipinski definition) is 3. The van der Waals surface area contributed by atoms with E-state index in [1.54, 1.807) is 11.0 Å². The van der Waals surface area contributed by atoms with Crippen LogP contribution in [0.25, 0.3) is 0 Å². The number of thiocarbonyl (C=S) groups is 1. The highest BCUT2D eigenvalue weighted by molar-refractivity contribution is 7.80. The Bertz CT molecular complexity index is 567. The third-order valence-electron chi connectivity index (χ3n) is 3.61. The summed E-state index contributed by atoms with van der Waals surface area (Å²) in [4.78, 5) is 13.8. The fraction of sp³-hybridized carbons (Fsp3) is 0.333. The average molecular weight is 273 g/mol. The van der Waals surface area contributed by atoms with Gasteiger partial charge in [0.15, 0.2) is 0 Å². The molecular formula is C15H15NO2S. The van der Waals surface area contributed by atoms with Gasteiger partial charge < -0.3 is 4.74 Å². The normalized spacial score (nSPS) is 24.5. The van der Waals surface area contributed by atoms with Crippen molar-refractivity contribution < 1.29 is 9.53 Å². The fourth-order valence-electron chi connectivity index (χ4n) is 2.77. The molecule has 2 aliphatic rings. The second-order valence-corrected chi connectivity index (χ2v) is 5.14. The highest BCUT2D eigenvalue weighted by Crippen LogP contribution is 2.42. The molecule has 1 aromatic carbocycles. The number of nitrogens with zero attached hydrogens (tertiary/aromatic N) is 1. The first-order valence-electron chi connectivity index (χ1n) is 6.50. The number of hydrogen-bond donors (Lipinski definition) is 0. The van der Waals surface area contributed by atoms with E-state index >= 15 is 0 Å². The molecule has 0 saturated carbocycles. The van der Waals surface area contributed by atoms with Crippen LogP contribution in [0.3, 0.4) is 0 Å². The van der Waals surface area contributed by atoms with E-state index in [4.69, 9.17) is 17.0 Å². The van der Waals surface area contributed by atoms with Crippen molar-refractivity contribution in [1.82, 2.24) is 4.90 Å². The maximum atomic E-state index is 12.2. The average Bonchev–Trinajstić information content (AvgIpc) is 2.90. The smallest absolute Gasteiger partial charge is 0.267 e. The van der Waals surface area contributed by atoms with Crippen LogP contribution < -0.4 is 0 Å². The van der Waals surface area contributed by atoms with Gasteiger partial charge in [-0.15, -0.1) is 0 Å². The number of benzene rings is 1. The van der Waals surface area contributed by atoms with Crippen molar-refractivity contribution in [2.24, 2.45) is 0 Å². The highest BCUT2D eigenvalue weighted by atomic mass is 32.1. The summed E-state index contributed by atoms with van der Waals surface area (Å²) in [7, 11) is 0. The summed E-state index contributed by atoms with van der Waals surface area (Å²) >= 11 is 5.20. The lowest BCUT2D eigenvalue weighted by Crippen LogP contribution is -2.32. The monoisotopic (exact) mass is 273 g/mol. The minimum atomic E-state index is -0.0870. The minimum absolute atomic E-state index is 0.0242. The van der Waals surface area contributed by atoms with Gasteiger partial charge in [-0.05, 0) is 35.8 Å². The molecule has 1 fully saturated rings. The van der Waals surface area contributed by atoms with Gasteiger partial charge in [-0.3, -0.25) is 9.69 Å². The Labute approximate surface area is 117 Å². The van der Waals surface area contributed by atoms with Crippen LogP contribution >= 0.6 is 12.2 Å². The molecule has 0 aromatic heterocycles. The molecule has 1 aliphatic carbocycles. The van der Waals surface area contributed by atoms with Crippen molar-refractivity contribution in [2.45, 2.75) is 31.9 Å². The van der Waals surface area contributed by atoms with Crippen molar-refractivity contribution in [3.8, 4) is 0 Å². The van der Waals surface area contributed by atoms with E-state index in [9.17, 15) is 4.79 Å². The van der Waals surface area contributed by atoms with Crippen LogP contribution in [0.15, 0.2) is 36.4 Å². The molecule has 0 bridgehead atoms. The lowest BCUT2D eigenvalue weighted by atomic mass is 10.1. The molecule has 1 aromatic rings. The Morgan fingerprint density at radius 1 is 1.53 bits per heavy atom. The first-order chi connectivity index (χ1) is 9.22. The SMILES string of the molecule is CC/C=C/C(=O)N1C(=S)O[C@H]2Cc3ccccc3[C@H]21. The molecule has 3 rings (SSSR count). The van der Waals surface area contributed by atoms with Crippen LogP contribution in [0.4, 0.5) is 0 Å². The number of allylic oxidation sites excluding steroid dienone is 1. The summed E-state index contributed by atoms with van der Waals surface area (Å²) in [6.07, 6.45) is 5.06. The molecule has 0 N–H and O–H groups in total. The second kappa shape index (κ2) is 4.78. The van der Waals surface area contributed by atoms with Gasteiger partial charge in [0.25, 0.3) is 11.1 Å². The summed E-state index contributed by atoms with van der Waals surface area (Å²) in [5.74, 6) is -0.0870. The molecule has 0 radical (unpaired) electrons. The molecule has 4 heteroatoms. The van der Waals surface area contributed by atoms with E-state index < -0.39 is 0 Å². The lowest BCUT2D eigenvalue weighted by molar-refractivity contribution is -0.123. The third kappa shape index (κ3) is 1.96. The molecule has 1 saturated heterocycles. The fourth-order valence-corrected chi connectivity index (χ4v) is 3.10. The van der Waals surface area contributed by atoms with Gasteiger partial charge in [-0.25, -0.2) is 0 Å². The summed E-state index contributed by atoms with van der Waals surface area (Å²) in [6, 6.07) is 8.10. The summed E-state index contributed by atoms with van der Waals surface area (Å²) < 4.78 is 5.68. The first kappa shape index (κ1) is 12.4. The number of carbonyl (C=O) groups is 1. The van der Waals surface area contributed by atoms with Gasteiger partial charge in [0.05, 0.1) is 0 Å². The molecule has 0 spiro atoms. The Morgan fingerprint density at radius 2 is 2.32 bits per heavy atom. The zero-order chi connectivity index (χ0) is 13.4. The van der Waals surface area contributed by atoms with E-state index in [2.05, 4.69) is 12.1 Å². The number of rotatable bonds is 2. The molecule has 2 atom stereocenters. The topological polar surface area (TPSA) is 29.5 Å². The molecule has 0 unspecified atom stereocenters. The maximum Gasteiger partial charge on any atom is 0.267 e. The largest absolute Gasteiger partial charge is 0.464 e. The number of fused-ring (bicyclic) bond motifs is 3. The summed E-state index contributed by atoms with van der Waals surface area (Å²) in [6.45, 7) is 2.00. The molecule has 1 amide bonds. The second-order valence-electron chi connectivity index (χ2n) is 4.79. The van der Waals surface area contributed by atoms with Gasteiger partial charge in [0.2, 0.25) is 0 Å². The first-order valence-corrected chi connectivity index (χ1v) is 6.91. The molecule has 19 heavy (non-hydrogen) atoms. The van der Waals surface area contributed by atoms with Crippen LogP contribution in [0.1, 0.15) is 30.5 Å². The predicted octanol–water partition coefficient (Wildman–Crippen LogP) is 2.76. The van der Waals surface area contributed by atoms with Crippen LogP contribution in [-0.2, 0) is 16.0 Å². The lowest BCUT2D eigenvalue weighted by Gasteiger charge is -2.19. The Kier molecular flexibility index (Phi) is 3.11. The Morgan fingerprint density at radius 3 is 3.11 bits per heavy atom. The van der Waals surface area contributed by atoms with Gasteiger partial charge in [0.1, 0.15) is 12.1 Å². The standard InChI is InChI=1S/C15H15NO2S/c1-2-3-8-13(17)16-14-11-7-5-4-6-10(11)9-12(14)18-15(16)19/h3-8,12,14H,2,9H2,1H3/b8-3+/t12-,14+/m0/s1. The van der Waals surface area contributed by atoms with Gasteiger partial charge in [-0.1, -0.05) is 37.3 Å². The molecule has 1 aliphatic heterocycles. The number of amides is 1. The Balaban J connectivity index is 1.95. The molecular weight excluding hydrogens is 258 g/mol. The van der Waals surface area contributed by atoms with Crippen molar-refractivity contribution in [2.75, 3.05) is 0 Å². The Hall–Kier alpha value is -1.68. The number of ether oxygens (including phenoxy) is 1. The van der Waals surface area contributed by atoms with Crippen LogP contribution in [0.5, 0.6) is 0 Å². The maximum absolute atomic E-state index is 12.2. The van der Waals surface area contributed by atoms with E-state index in [0.717, 1.165) is 18.4 Å². The summed E-state index contributed by atoms with van der Waals surface area (Å²) in [5.41, 5.74) is 2.41. The van der Waals surface area contributed by atoms with Crippen LogP contribution in [0, 0.1) is 0 Å². The molecule has 1 heterocycles. The van der Waals surface area contributed by atoms with Crippen molar-refractivity contribution >= 4 is 23.3 Å². The highest BCUT2D eigenvalue weighted by Gasteiger charge is 2.47. The van der Waals surface area contributed by atoms with E-state index in [-0.39, 0.29) is 18.1 Å². The quantitative estimate of drug-likeness (QED) is 0.613. The summed E-state index contributed by atoms with van der Waals surface area (Å²) in [5, 5.41) is 0.301. The van der Waals surface area contributed by atoms with E-state index in [0.29, 0.717) is 5.17 Å². The van der Waals surface area contributed by atoms with Crippen molar-refractivity contribution in [1.29, 1.82) is 0 Å². The van der Waals surface area contributed by atoms with Crippen molar-refractivity contribution in [3.05, 3.63) is 47.5 Å². The van der Waals surface area contributed by atoms with Gasteiger partial charge in [0, 0.05) is 6.42 Å². The minimum Gasteiger partial charge on any atom is -0.464 e. The van der Waals surface area contributed by atoms with Crippen LogP contribution in [0.2, 0.25) is 0 Å². The van der Waals surface area contributed by atoms with Crippen LogP contribution in [-0.4, -0.2) is 22.1 Å². The van der Waals surface area contributed by atoms with Gasteiger partial charge >= 0.3 is 0 Å². The molecule has 3 nitrogen and oxygen atoms in total. The zero-order valence-corrected chi connectivity index (χ0v) is 11.5. The van der Waals surface area contributed by atoms with E-state index in [1.165, 1.54) is 5.56 Å². The van der Waals surface area contributed by atoms with E-state index in [1.807, 2.05) is 25.1 Å².